The molecule has 0 aliphatic rings. The summed E-state index contributed by atoms with van der Waals surface area (Å²) in [5.74, 6) is 1.57. The zero-order chi connectivity index (χ0) is 25.3. The number of nitrogens with zero attached hydrogens (tertiary/aromatic N) is 3. The van der Waals surface area contributed by atoms with E-state index in [2.05, 4.69) is 29.0 Å². The predicted molar refractivity (Wildman–Crippen MR) is 148 cm³/mol. The topological polar surface area (TPSA) is 57.1 Å². The SMILES string of the molecule is CCCCCCCCOc1ccc(-c2ccc(-c3ccc(OCCCCCCCC)nc3)nn2)cc1. The number of rotatable bonds is 18. The lowest BCUT2D eigenvalue weighted by atomic mass is 10.1. The molecular formula is C31H43N3O2. The van der Waals surface area contributed by atoms with Crippen LogP contribution in [0, 0.1) is 0 Å². The molecule has 0 aliphatic carbocycles. The van der Waals surface area contributed by atoms with Gasteiger partial charge in [0.1, 0.15) is 5.75 Å². The Balaban J connectivity index is 1.41. The van der Waals surface area contributed by atoms with Crippen LogP contribution in [0.25, 0.3) is 22.5 Å². The van der Waals surface area contributed by atoms with Crippen molar-refractivity contribution < 1.29 is 9.47 Å². The molecule has 0 atom stereocenters. The average molecular weight is 490 g/mol. The van der Waals surface area contributed by atoms with Crippen molar-refractivity contribution in [3.8, 4) is 34.1 Å². The number of pyridine rings is 1. The maximum Gasteiger partial charge on any atom is 0.213 e. The standard InChI is InChI=1S/C31H43N3O2/c1-3-5-7-9-11-13-23-35-28-18-15-26(16-19-28)29-20-21-30(34-33-29)27-17-22-31(32-25-27)36-24-14-12-10-8-6-4-2/h15-22,25H,3-14,23-24H2,1-2H3. The lowest BCUT2D eigenvalue weighted by Crippen LogP contribution is -1.99. The third-order valence-corrected chi connectivity index (χ3v) is 6.36. The monoisotopic (exact) mass is 489 g/mol. The van der Waals surface area contributed by atoms with E-state index < -0.39 is 0 Å². The van der Waals surface area contributed by atoms with Crippen LogP contribution in [0.2, 0.25) is 0 Å². The van der Waals surface area contributed by atoms with Gasteiger partial charge in [-0.2, -0.15) is 0 Å². The van der Waals surface area contributed by atoms with Gasteiger partial charge >= 0.3 is 0 Å². The molecule has 1 aromatic carbocycles. The average Bonchev–Trinajstić information content (AvgIpc) is 2.93. The summed E-state index contributed by atoms with van der Waals surface area (Å²) in [6, 6.07) is 16.0. The number of hydrogen-bond donors (Lipinski definition) is 0. The van der Waals surface area contributed by atoms with Crippen molar-refractivity contribution in [2.75, 3.05) is 13.2 Å². The smallest absolute Gasteiger partial charge is 0.213 e. The van der Waals surface area contributed by atoms with Crippen LogP contribution in [0.3, 0.4) is 0 Å². The van der Waals surface area contributed by atoms with E-state index in [9.17, 15) is 0 Å². The first kappa shape index (κ1) is 27.6. The van der Waals surface area contributed by atoms with Gasteiger partial charge in [0, 0.05) is 23.4 Å². The molecule has 0 saturated heterocycles. The van der Waals surface area contributed by atoms with Crippen LogP contribution in [0.5, 0.6) is 11.6 Å². The second kappa shape index (κ2) is 16.7. The van der Waals surface area contributed by atoms with E-state index in [1.165, 1.54) is 64.2 Å². The van der Waals surface area contributed by atoms with Gasteiger partial charge in [0.15, 0.2) is 0 Å². The van der Waals surface area contributed by atoms with E-state index in [0.717, 1.165) is 54.3 Å². The summed E-state index contributed by atoms with van der Waals surface area (Å²) < 4.78 is 11.7. The molecule has 36 heavy (non-hydrogen) atoms. The molecule has 0 unspecified atom stereocenters. The molecule has 0 saturated carbocycles. The molecular weight excluding hydrogens is 446 g/mol. The Morgan fingerprint density at radius 2 is 1.06 bits per heavy atom. The molecule has 3 rings (SSSR count). The highest BCUT2D eigenvalue weighted by molar-refractivity contribution is 5.63. The second-order valence-electron chi connectivity index (χ2n) is 9.45. The van der Waals surface area contributed by atoms with Gasteiger partial charge in [-0.1, -0.05) is 78.1 Å². The molecule has 3 aromatic rings. The fourth-order valence-corrected chi connectivity index (χ4v) is 4.11. The molecule has 0 amide bonds. The first-order chi connectivity index (χ1) is 17.8. The van der Waals surface area contributed by atoms with E-state index in [4.69, 9.17) is 9.47 Å². The summed E-state index contributed by atoms with van der Waals surface area (Å²) in [6.45, 7) is 5.98. The minimum atomic E-state index is 0.663. The summed E-state index contributed by atoms with van der Waals surface area (Å²) in [6.07, 6.45) is 16.9. The van der Waals surface area contributed by atoms with Gasteiger partial charge < -0.3 is 9.47 Å². The Hall–Kier alpha value is -2.95. The molecule has 0 spiro atoms. The summed E-state index contributed by atoms with van der Waals surface area (Å²) in [5, 5.41) is 8.85. The van der Waals surface area contributed by atoms with Crippen LogP contribution in [0.1, 0.15) is 90.9 Å². The summed E-state index contributed by atoms with van der Waals surface area (Å²) in [7, 11) is 0. The van der Waals surface area contributed by atoms with Crippen LogP contribution < -0.4 is 9.47 Å². The van der Waals surface area contributed by atoms with Crippen LogP contribution in [-0.4, -0.2) is 28.4 Å². The van der Waals surface area contributed by atoms with Gasteiger partial charge in [-0.3, -0.25) is 0 Å². The molecule has 0 aliphatic heterocycles. The van der Waals surface area contributed by atoms with Crippen LogP contribution in [0.4, 0.5) is 0 Å². The van der Waals surface area contributed by atoms with Crippen molar-refractivity contribution in [1.29, 1.82) is 0 Å². The van der Waals surface area contributed by atoms with Crippen LogP contribution in [0.15, 0.2) is 54.7 Å². The maximum absolute atomic E-state index is 5.89. The first-order valence-electron chi connectivity index (χ1n) is 14.0. The lowest BCUT2D eigenvalue weighted by molar-refractivity contribution is 0.293. The normalized spacial score (nSPS) is 10.9. The van der Waals surface area contributed by atoms with Crippen LogP contribution >= 0.6 is 0 Å². The van der Waals surface area contributed by atoms with E-state index in [0.29, 0.717) is 5.88 Å². The van der Waals surface area contributed by atoms with E-state index in [1.54, 1.807) is 6.20 Å². The Morgan fingerprint density at radius 3 is 1.61 bits per heavy atom. The Bertz CT molecular complexity index is 876. The predicted octanol–water partition coefficient (Wildman–Crippen LogP) is 8.68. The van der Waals surface area contributed by atoms with Gasteiger partial charge in [-0.15, -0.1) is 10.2 Å². The van der Waals surface area contributed by atoms with Crippen molar-refractivity contribution >= 4 is 0 Å². The third-order valence-electron chi connectivity index (χ3n) is 6.36. The minimum Gasteiger partial charge on any atom is -0.494 e. The number of aromatic nitrogens is 3. The second-order valence-corrected chi connectivity index (χ2v) is 9.45. The van der Waals surface area contributed by atoms with E-state index >= 15 is 0 Å². The molecule has 0 radical (unpaired) electrons. The zero-order valence-corrected chi connectivity index (χ0v) is 22.3. The third kappa shape index (κ3) is 9.96. The number of ether oxygens (including phenoxy) is 2. The number of benzene rings is 1. The van der Waals surface area contributed by atoms with Gasteiger partial charge in [0.25, 0.3) is 0 Å². The van der Waals surface area contributed by atoms with Gasteiger partial charge in [-0.05, 0) is 55.3 Å². The fraction of sp³-hybridized carbons (Fsp3) is 0.516. The summed E-state index contributed by atoms with van der Waals surface area (Å²) in [5.41, 5.74) is 3.60. The molecule has 5 nitrogen and oxygen atoms in total. The maximum atomic E-state index is 5.89. The van der Waals surface area contributed by atoms with Crippen LogP contribution in [-0.2, 0) is 0 Å². The molecule has 5 heteroatoms. The zero-order valence-electron chi connectivity index (χ0n) is 22.3. The minimum absolute atomic E-state index is 0.663. The van der Waals surface area contributed by atoms with Crippen molar-refractivity contribution in [1.82, 2.24) is 15.2 Å². The Morgan fingerprint density at radius 1 is 0.528 bits per heavy atom. The number of unbranched alkanes of at least 4 members (excludes halogenated alkanes) is 10. The van der Waals surface area contributed by atoms with Crippen molar-refractivity contribution in [3.63, 3.8) is 0 Å². The number of hydrogen-bond acceptors (Lipinski definition) is 5. The molecule has 0 N–H and O–H groups in total. The van der Waals surface area contributed by atoms with Crippen molar-refractivity contribution in [3.05, 3.63) is 54.7 Å². The van der Waals surface area contributed by atoms with Gasteiger partial charge in [-0.25, -0.2) is 4.98 Å². The van der Waals surface area contributed by atoms with Crippen molar-refractivity contribution in [2.24, 2.45) is 0 Å². The molecule has 0 bridgehead atoms. The van der Waals surface area contributed by atoms with Gasteiger partial charge in [0.2, 0.25) is 5.88 Å². The lowest BCUT2D eigenvalue weighted by Gasteiger charge is -2.08. The Labute approximate surface area is 217 Å². The first-order valence-corrected chi connectivity index (χ1v) is 14.0. The highest BCUT2D eigenvalue weighted by atomic mass is 16.5. The van der Waals surface area contributed by atoms with Crippen molar-refractivity contribution in [2.45, 2.75) is 90.9 Å². The van der Waals surface area contributed by atoms with Gasteiger partial charge in [0.05, 0.1) is 24.6 Å². The highest BCUT2D eigenvalue weighted by Gasteiger charge is 2.06. The summed E-state index contributed by atoms with van der Waals surface area (Å²) >= 11 is 0. The Kier molecular flexibility index (Phi) is 12.8. The van der Waals surface area contributed by atoms with E-state index in [1.807, 2.05) is 48.5 Å². The molecule has 2 aromatic heterocycles. The quantitative estimate of drug-likeness (QED) is 0.167. The molecule has 0 fully saturated rings. The fourth-order valence-electron chi connectivity index (χ4n) is 4.11. The molecule has 2 heterocycles. The summed E-state index contributed by atoms with van der Waals surface area (Å²) in [4.78, 5) is 4.44. The molecule has 194 valence electrons. The van der Waals surface area contributed by atoms with E-state index in [-0.39, 0.29) is 0 Å². The highest BCUT2D eigenvalue weighted by Crippen LogP contribution is 2.23. The largest absolute Gasteiger partial charge is 0.494 e.